The van der Waals surface area contributed by atoms with E-state index in [2.05, 4.69) is 4.98 Å². The maximum Gasteiger partial charge on any atom is 0.141 e. The van der Waals surface area contributed by atoms with Gasteiger partial charge in [-0.25, -0.2) is 4.98 Å². The Morgan fingerprint density at radius 3 is 2.53 bits per heavy atom. The molecule has 0 aliphatic heterocycles. The van der Waals surface area contributed by atoms with Crippen molar-refractivity contribution in [2.45, 2.75) is 0 Å². The highest BCUT2D eigenvalue weighted by atomic mass is 35.5. The first kappa shape index (κ1) is 10.2. The predicted octanol–water partition coefficient (Wildman–Crippen LogP) is 2.83. The Morgan fingerprint density at radius 1 is 1.20 bits per heavy atom. The number of nitrogen functional groups attached to an aromatic ring is 1. The number of nitrogens with two attached hydrogens (primary N) is 1. The molecule has 0 spiro atoms. The number of hydrogen-bond acceptors (Lipinski definition) is 2. The van der Waals surface area contributed by atoms with Crippen LogP contribution in [0.25, 0.3) is 10.9 Å². The normalized spacial score (nSPS) is 10.5. The molecule has 0 saturated carbocycles. The lowest BCUT2D eigenvalue weighted by molar-refractivity contribution is 1.31. The maximum absolute atomic E-state index is 7.27. The number of amidine groups is 1. The van der Waals surface area contributed by atoms with E-state index in [0.717, 1.165) is 5.39 Å². The standard InChI is InChI=1S/C10H7Cl2N3/c11-6-3-1-5-2-4-7(10(13)14)15-9(5)8(6)12/h1-4H,(H3,13,14). The van der Waals surface area contributed by atoms with E-state index in [0.29, 0.717) is 21.3 Å². The second kappa shape index (κ2) is 3.68. The summed E-state index contributed by atoms with van der Waals surface area (Å²) in [6.45, 7) is 0. The van der Waals surface area contributed by atoms with E-state index in [1.54, 1.807) is 18.2 Å². The summed E-state index contributed by atoms with van der Waals surface area (Å²) >= 11 is 11.9. The first-order valence-electron chi connectivity index (χ1n) is 4.19. The van der Waals surface area contributed by atoms with Crippen LogP contribution in [0.3, 0.4) is 0 Å². The average Bonchev–Trinajstić information content (AvgIpc) is 2.23. The van der Waals surface area contributed by atoms with Crippen LogP contribution in [0.1, 0.15) is 5.69 Å². The number of nitrogens with zero attached hydrogens (tertiary/aromatic N) is 1. The molecule has 2 rings (SSSR count). The van der Waals surface area contributed by atoms with Crippen LogP contribution in [-0.2, 0) is 0 Å². The number of aromatic nitrogens is 1. The molecule has 0 bridgehead atoms. The summed E-state index contributed by atoms with van der Waals surface area (Å²) in [4.78, 5) is 4.17. The molecule has 0 radical (unpaired) electrons. The predicted molar refractivity (Wildman–Crippen MR) is 62.8 cm³/mol. The van der Waals surface area contributed by atoms with E-state index >= 15 is 0 Å². The van der Waals surface area contributed by atoms with Gasteiger partial charge in [0.15, 0.2) is 0 Å². The molecule has 0 aliphatic carbocycles. The molecule has 0 aliphatic rings. The molecule has 15 heavy (non-hydrogen) atoms. The van der Waals surface area contributed by atoms with Gasteiger partial charge in [0.1, 0.15) is 11.5 Å². The lowest BCUT2D eigenvalue weighted by Crippen LogP contribution is -2.12. The molecule has 0 fully saturated rings. The Morgan fingerprint density at radius 2 is 1.87 bits per heavy atom. The van der Waals surface area contributed by atoms with Gasteiger partial charge >= 0.3 is 0 Å². The fourth-order valence-electron chi connectivity index (χ4n) is 1.28. The van der Waals surface area contributed by atoms with Crippen LogP contribution in [0.5, 0.6) is 0 Å². The van der Waals surface area contributed by atoms with Crippen molar-refractivity contribution in [3.8, 4) is 0 Å². The van der Waals surface area contributed by atoms with Gasteiger partial charge in [0, 0.05) is 5.39 Å². The largest absolute Gasteiger partial charge is 0.382 e. The lowest BCUT2D eigenvalue weighted by Gasteiger charge is -2.03. The summed E-state index contributed by atoms with van der Waals surface area (Å²) in [7, 11) is 0. The molecule has 3 N–H and O–H groups in total. The summed E-state index contributed by atoms with van der Waals surface area (Å²) in [6.07, 6.45) is 0. The van der Waals surface area contributed by atoms with Gasteiger partial charge in [-0.3, -0.25) is 5.41 Å². The summed E-state index contributed by atoms with van der Waals surface area (Å²) in [5.41, 5.74) is 6.30. The second-order valence-electron chi connectivity index (χ2n) is 3.04. The zero-order chi connectivity index (χ0) is 11.0. The SMILES string of the molecule is N=C(N)c1ccc2ccc(Cl)c(Cl)c2n1. The number of halogens is 2. The van der Waals surface area contributed by atoms with Gasteiger partial charge < -0.3 is 5.73 Å². The molecule has 3 nitrogen and oxygen atoms in total. The third-order valence-corrected chi connectivity index (χ3v) is 2.82. The number of rotatable bonds is 1. The van der Waals surface area contributed by atoms with Gasteiger partial charge in [-0.05, 0) is 12.1 Å². The molecule has 1 aromatic heterocycles. The molecule has 2 aromatic rings. The van der Waals surface area contributed by atoms with E-state index < -0.39 is 0 Å². The Labute approximate surface area is 96.3 Å². The molecular formula is C10H7Cl2N3. The number of nitrogens with one attached hydrogen (secondary N) is 1. The lowest BCUT2D eigenvalue weighted by atomic mass is 10.2. The van der Waals surface area contributed by atoms with Crippen molar-refractivity contribution in [2.75, 3.05) is 0 Å². The van der Waals surface area contributed by atoms with Crippen LogP contribution in [0.4, 0.5) is 0 Å². The Kier molecular flexibility index (Phi) is 2.50. The van der Waals surface area contributed by atoms with Crippen molar-refractivity contribution < 1.29 is 0 Å². The topological polar surface area (TPSA) is 62.8 Å². The van der Waals surface area contributed by atoms with Crippen molar-refractivity contribution >= 4 is 39.9 Å². The fourth-order valence-corrected chi connectivity index (χ4v) is 1.65. The third kappa shape index (κ3) is 1.76. The Hall–Kier alpha value is -1.32. The highest BCUT2D eigenvalue weighted by molar-refractivity contribution is 6.45. The zero-order valence-corrected chi connectivity index (χ0v) is 9.10. The summed E-state index contributed by atoms with van der Waals surface area (Å²) < 4.78 is 0. The first-order chi connectivity index (χ1) is 7.09. The minimum Gasteiger partial charge on any atom is -0.382 e. The number of pyridine rings is 1. The zero-order valence-electron chi connectivity index (χ0n) is 7.59. The van der Waals surface area contributed by atoms with E-state index in [-0.39, 0.29) is 5.84 Å². The number of fused-ring (bicyclic) bond motifs is 1. The van der Waals surface area contributed by atoms with E-state index in [4.69, 9.17) is 34.3 Å². The van der Waals surface area contributed by atoms with E-state index in [1.807, 2.05) is 6.07 Å². The molecule has 1 aromatic carbocycles. The second-order valence-corrected chi connectivity index (χ2v) is 3.83. The van der Waals surface area contributed by atoms with Crippen molar-refractivity contribution in [1.29, 1.82) is 5.41 Å². The summed E-state index contributed by atoms with van der Waals surface area (Å²) in [6, 6.07) is 7.01. The van der Waals surface area contributed by atoms with Crippen molar-refractivity contribution in [1.82, 2.24) is 4.98 Å². The van der Waals surface area contributed by atoms with Crippen molar-refractivity contribution in [3.05, 3.63) is 40.0 Å². The molecular weight excluding hydrogens is 233 g/mol. The van der Waals surface area contributed by atoms with Gasteiger partial charge in [-0.1, -0.05) is 35.3 Å². The monoisotopic (exact) mass is 239 g/mol. The molecule has 0 atom stereocenters. The highest BCUT2D eigenvalue weighted by Crippen LogP contribution is 2.29. The Balaban J connectivity index is 2.79. The average molecular weight is 240 g/mol. The smallest absolute Gasteiger partial charge is 0.141 e. The number of hydrogen-bond donors (Lipinski definition) is 2. The molecule has 0 unspecified atom stereocenters. The van der Waals surface area contributed by atoms with Gasteiger partial charge in [-0.15, -0.1) is 0 Å². The Bertz CT molecular complexity index is 552. The van der Waals surface area contributed by atoms with E-state index in [9.17, 15) is 0 Å². The molecule has 0 amide bonds. The minimum absolute atomic E-state index is 0.0899. The van der Waals surface area contributed by atoms with Gasteiger partial charge in [0.05, 0.1) is 15.6 Å². The van der Waals surface area contributed by atoms with Crippen molar-refractivity contribution in [3.63, 3.8) is 0 Å². The van der Waals surface area contributed by atoms with Crippen LogP contribution in [0.2, 0.25) is 10.0 Å². The summed E-state index contributed by atoms with van der Waals surface area (Å²) in [5, 5.41) is 8.97. The third-order valence-electron chi connectivity index (χ3n) is 2.03. The first-order valence-corrected chi connectivity index (χ1v) is 4.94. The molecule has 76 valence electrons. The van der Waals surface area contributed by atoms with Crippen LogP contribution in [0, 0.1) is 5.41 Å². The molecule has 0 saturated heterocycles. The van der Waals surface area contributed by atoms with Crippen LogP contribution in [-0.4, -0.2) is 10.8 Å². The van der Waals surface area contributed by atoms with Crippen LogP contribution in [0.15, 0.2) is 24.3 Å². The minimum atomic E-state index is -0.0899. The maximum atomic E-state index is 7.27. The highest BCUT2D eigenvalue weighted by Gasteiger charge is 2.07. The summed E-state index contributed by atoms with van der Waals surface area (Å²) in [5.74, 6) is -0.0899. The van der Waals surface area contributed by atoms with Gasteiger partial charge in [-0.2, -0.15) is 0 Å². The van der Waals surface area contributed by atoms with Crippen LogP contribution < -0.4 is 5.73 Å². The number of benzene rings is 1. The van der Waals surface area contributed by atoms with Gasteiger partial charge in [0.2, 0.25) is 0 Å². The van der Waals surface area contributed by atoms with Gasteiger partial charge in [0.25, 0.3) is 0 Å². The van der Waals surface area contributed by atoms with E-state index in [1.165, 1.54) is 0 Å². The van der Waals surface area contributed by atoms with Crippen LogP contribution >= 0.6 is 23.2 Å². The van der Waals surface area contributed by atoms with Crippen molar-refractivity contribution in [2.24, 2.45) is 5.73 Å². The molecule has 5 heteroatoms. The fraction of sp³-hybridized carbons (Fsp3) is 0. The molecule has 1 heterocycles. The quantitative estimate of drug-likeness (QED) is 0.594.